The highest BCUT2D eigenvalue weighted by atomic mass is 16.6. The van der Waals surface area contributed by atoms with Gasteiger partial charge >= 0.3 is 5.97 Å². The fourth-order valence-corrected chi connectivity index (χ4v) is 2.06. The van der Waals surface area contributed by atoms with Crippen LogP contribution in [0.2, 0.25) is 0 Å². The van der Waals surface area contributed by atoms with Crippen molar-refractivity contribution in [2.24, 2.45) is 0 Å². The van der Waals surface area contributed by atoms with Crippen molar-refractivity contribution < 1.29 is 19.1 Å². The quantitative estimate of drug-likeness (QED) is 0.737. The number of unbranched alkanes of at least 4 members (excludes halogenated alkanes) is 1. The average molecular weight is 303 g/mol. The number of carbonyl (C=O) groups is 1. The number of aliphatic carboxylic acids is 1. The summed E-state index contributed by atoms with van der Waals surface area (Å²) in [5, 5.41) is 12.2. The molecule has 0 aliphatic rings. The SMILES string of the molecule is CCCCC(NCc1ccc(Oc2ccccc2)o1)C(=O)O. The van der Waals surface area contributed by atoms with E-state index in [0.717, 1.165) is 12.8 Å². The van der Waals surface area contributed by atoms with E-state index in [0.29, 0.717) is 30.4 Å². The van der Waals surface area contributed by atoms with E-state index in [1.807, 2.05) is 37.3 Å². The van der Waals surface area contributed by atoms with Gasteiger partial charge in [0.2, 0.25) is 0 Å². The Labute approximate surface area is 129 Å². The summed E-state index contributed by atoms with van der Waals surface area (Å²) in [6.45, 7) is 2.40. The predicted molar refractivity (Wildman–Crippen MR) is 83.0 cm³/mol. The molecule has 5 heteroatoms. The number of benzene rings is 1. The standard InChI is InChI=1S/C17H21NO4/c1-2-3-9-15(17(19)20)18-12-14-10-11-16(22-14)21-13-7-5-4-6-8-13/h4-8,10-11,15,18H,2-3,9,12H2,1H3,(H,19,20). The lowest BCUT2D eigenvalue weighted by Crippen LogP contribution is -2.36. The minimum Gasteiger partial charge on any atom is -0.480 e. The maximum atomic E-state index is 11.2. The van der Waals surface area contributed by atoms with Crippen LogP contribution in [0.1, 0.15) is 31.9 Å². The van der Waals surface area contributed by atoms with Crippen molar-refractivity contribution in [3.63, 3.8) is 0 Å². The van der Waals surface area contributed by atoms with Gasteiger partial charge in [-0.25, -0.2) is 0 Å². The lowest BCUT2D eigenvalue weighted by Gasteiger charge is -2.12. The largest absolute Gasteiger partial charge is 0.480 e. The third kappa shape index (κ3) is 4.93. The van der Waals surface area contributed by atoms with E-state index in [1.54, 1.807) is 12.1 Å². The van der Waals surface area contributed by atoms with Crippen LogP contribution in [0.4, 0.5) is 0 Å². The summed E-state index contributed by atoms with van der Waals surface area (Å²) in [6, 6.07) is 12.3. The lowest BCUT2D eigenvalue weighted by molar-refractivity contribution is -0.139. The molecule has 0 saturated heterocycles. The monoisotopic (exact) mass is 303 g/mol. The highest BCUT2D eigenvalue weighted by molar-refractivity contribution is 5.73. The molecule has 2 N–H and O–H groups in total. The molecule has 118 valence electrons. The van der Waals surface area contributed by atoms with Crippen LogP contribution >= 0.6 is 0 Å². The zero-order chi connectivity index (χ0) is 15.8. The second-order valence-electron chi connectivity index (χ2n) is 5.05. The summed E-state index contributed by atoms with van der Waals surface area (Å²) in [6.07, 6.45) is 2.46. The summed E-state index contributed by atoms with van der Waals surface area (Å²) >= 11 is 0. The molecule has 0 aliphatic carbocycles. The molecule has 2 aromatic rings. The maximum Gasteiger partial charge on any atom is 0.320 e. The number of nitrogens with one attached hydrogen (secondary N) is 1. The number of ether oxygens (including phenoxy) is 1. The van der Waals surface area contributed by atoms with Gasteiger partial charge < -0.3 is 14.3 Å². The molecule has 0 bridgehead atoms. The number of furan rings is 1. The Morgan fingerprint density at radius 3 is 2.73 bits per heavy atom. The van der Waals surface area contributed by atoms with E-state index in [9.17, 15) is 4.79 Å². The molecule has 1 aromatic carbocycles. The maximum absolute atomic E-state index is 11.2. The Balaban J connectivity index is 1.87. The van der Waals surface area contributed by atoms with Crippen molar-refractivity contribution in [3.8, 4) is 11.7 Å². The van der Waals surface area contributed by atoms with Crippen LogP contribution in [0.25, 0.3) is 0 Å². The second-order valence-corrected chi connectivity index (χ2v) is 5.05. The molecule has 0 aliphatic heterocycles. The zero-order valence-corrected chi connectivity index (χ0v) is 12.6. The number of rotatable bonds is 9. The molecule has 0 spiro atoms. The van der Waals surface area contributed by atoms with E-state index in [4.69, 9.17) is 14.3 Å². The lowest BCUT2D eigenvalue weighted by atomic mass is 10.1. The fourth-order valence-electron chi connectivity index (χ4n) is 2.06. The van der Waals surface area contributed by atoms with Crippen LogP contribution in [0, 0.1) is 0 Å². The van der Waals surface area contributed by atoms with Gasteiger partial charge in [0.1, 0.15) is 17.6 Å². The smallest absolute Gasteiger partial charge is 0.320 e. The Morgan fingerprint density at radius 2 is 2.05 bits per heavy atom. The first kappa shape index (κ1) is 16.1. The van der Waals surface area contributed by atoms with Gasteiger partial charge in [-0.3, -0.25) is 10.1 Å². The fraction of sp³-hybridized carbons (Fsp3) is 0.353. The summed E-state index contributed by atoms with van der Waals surface area (Å²) in [4.78, 5) is 11.2. The highest BCUT2D eigenvalue weighted by Crippen LogP contribution is 2.23. The Bertz CT molecular complexity index is 579. The van der Waals surface area contributed by atoms with Gasteiger partial charge in [-0.15, -0.1) is 0 Å². The van der Waals surface area contributed by atoms with Crippen molar-refractivity contribution in [2.75, 3.05) is 0 Å². The summed E-state index contributed by atoms with van der Waals surface area (Å²) < 4.78 is 11.1. The number of para-hydroxylation sites is 1. The van der Waals surface area contributed by atoms with Crippen LogP contribution in [-0.2, 0) is 11.3 Å². The van der Waals surface area contributed by atoms with Crippen LogP contribution in [0.5, 0.6) is 11.7 Å². The average Bonchev–Trinajstić information content (AvgIpc) is 2.95. The van der Waals surface area contributed by atoms with E-state index >= 15 is 0 Å². The van der Waals surface area contributed by atoms with Gasteiger partial charge in [-0.2, -0.15) is 0 Å². The first-order chi connectivity index (χ1) is 10.7. The van der Waals surface area contributed by atoms with E-state index in [-0.39, 0.29) is 0 Å². The Kier molecular flexibility index (Phi) is 6.03. The molecule has 1 heterocycles. The van der Waals surface area contributed by atoms with Gasteiger partial charge in [0.25, 0.3) is 5.95 Å². The van der Waals surface area contributed by atoms with E-state index < -0.39 is 12.0 Å². The molecule has 1 aromatic heterocycles. The minimum absolute atomic E-state index is 0.360. The minimum atomic E-state index is -0.833. The van der Waals surface area contributed by atoms with Gasteiger partial charge in [-0.05, 0) is 24.6 Å². The Hall–Kier alpha value is -2.27. The van der Waals surface area contributed by atoms with Crippen LogP contribution in [0.15, 0.2) is 46.9 Å². The van der Waals surface area contributed by atoms with E-state index in [1.165, 1.54) is 0 Å². The summed E-state index contributed by atoms with van der Waals surface area (Å²) in [5.74, 6) is 0.903. The van der Waals surface area contributed by atoms with Crippen molar-refractivity contribution in [3.05, 3.63) is 48.2 Å². The predicted octanol–water partition coefficient (Wildman–Crippen LogP) is 3.80. The molecular weight excluding hydrogens is 282 g/mol. The highest BCUT2D eigenvalue weighted by Gasteiger charge is 2.16. The van der Waals surface area contributed by atoms with Gasteiger partial charge in [0, 0.05) is 6.07 Å². The molecule has 5 nitrogen and oxygen atoms in total. The second kappa shape index (κ2) is 8.24. The number of carboxylic acids is 1. The number of carboxylic acid groups (broad SMARTS) is 1. The molecule has 2 rings (SSSR count). The van der Waals surface area contributed by atoms with Crippen molar-refractivity contribution in [1.82, 2.24) is 5.32 Å². The summed E-state index contributed by atoms with van der Waals surface area (Å²) in [7, 11) is 0. The van der Waals surface area contributed by atoms with Crippen LogP contribution in [0.3, 0.4) is 0 Å². The zero-order valence-electron chi connectivity index (χ0n) is 12.6. The molecule has 1 unspecified atom stereocenters. The number of hydrogen-bond acceptors (Lipinski definition) is 4. The van der Waals surface area contributed by atoms with Crippen molar-refractivity contribution in [1.29, 1.82) is 0 Å². The van der Waals surface area contributed by atoms with Gasteiger partial charge in [-0.1, -0.05) is 38.0 Å². The molecule has 0 fully saturated rings. The topological polar surface area (TPSA) is 71.7 Å². The summed E-state index contributed by atoms with van der Waals surface area (Å²) in [5.41, 5.74) is 0. The first-order valence-electron chi connectivity index (χ1n) is 7.47. The molecule has 0 amide bonds. The third-order valence-electron chi connectivity index (χ3n) is 3.27. The third-order valence-corrected chi connectivity index (χ3v) is 3.27. The van der Waals surface area contributed by atoms with Gasteiger partial charge in [0.15, 0.2) is 0 Å². The molecular formula is C17H21NO4. The number of hydrogen-bond donors (Lipinski definition) is 2. The normalized spacial score (nSPS) is 12.0. The van der Waals surface area contributed by atoms with Gasteiger partial charge in [0.05, 0.1) is 6.54 Å². The molecule has 0 saturated carbocycles. The molecule has 22 heavy (non-hydrogen) atoms. The molecule has 0 radical (unpaired) electrons. The van der Waals surface area contributed by atoms with Crippen LogP contribution < -0.4 is 10.1 Å². The Morgan fingerprint density at radius 1 is 1.27 bits per heavy atom. The first-order valence-corrected chi connectivity index (χ1v) is 7.47. The van der Waals surface area contributed by atoms with Crippen molar-refractivity contribution in [2.45, 2.75) is 38.8 Å². The van der Waals surface area contributed by atoms with Crippen molar-refractivity contribution >= 4 is 5.97 Å². The van der Waals surface area contributed by atoms with E-state index in [2.05, 4.69) is 5.32 Å². The van der Waals surface area contributed by atoms with Crippen LogP contribution in [-0.4, -0.2) is 17.1 Å². The molecule has 1 atom stereocenters.